The summed E-state index contributed by atoms with van der Waals surface area (Å²) in [6.45, 7) is 5.10. The number of aryl methyl sites for hydroxylation is 2. The largest absolute Gasteiger partial charge is 0.416 e. The van der Waals surface area contributed by atoms with Crippen molar-refractivity contribution in [3.63, 3.8) is 0 Å². The van der Waals surface area contributed by atoms with Crippen LogP contribution in [0.25, 0.3) is 16.7 Å². The van der Waals surface area contributed by atoms with Crippen molar-refractivity contribution in [2.45, 2.75) is 44.2 Å². The van der Waals surface area contributed by atoms with Crippen molar-refractivity contribution in [1.29, 1.82) is 0 Å². The molecule has 0 bridgehead atoms. The molecule has 2 aromatic heterocycles. The van der Waals surface area contributed by atoms with Gasteiger partial charge in [0.1, 0.15) is 11.6 Å². The minimum absolute atomic E-state index is 0.110. The Labute approximate surface area is 225 Å². The van der Waals surface area contributed by atoms with Gasteiger partial charge >= 0.3 is 6.18 Å². The molecular formula is C27H29F3N6O2S. The highest BCUT2D eigenvalue weighted by Crippen LogP contribution is 2.33. The van der Waals surface area contributed by atoms with E-state index in [2.05, 4.69) is 6.92 Å². The van der Waals surface area contributed by atoms with Crippen molar-refractivity contribution in [1.82, 2.24) is 24.1 Å². The van der Waals surface area contributed by atoms with E-state index in [0.717, 1.165) is 35.3 Å². The summed E-state index contributed by atoms with van der Waals surface area (Å²) < 4.78 is 69.4. The molecule has 8 nitrogen and oxygen atoms in total. The lowest BCUT2D eigenvalue weighted by Crippen LogP contribution is -2.35. The second kappa shape index (κ2) is 10.6. The van der Waals surface area contributed by atoms with Crippen LogP contribution < -0.4 is 4.90 Å². The number of sulfonamides is 1. The van der Waals surface area contributed by atoms with Gasteiger partial charge in [-0.25, -0.2) is 23.1 Å². The fourth-order valence-corrected chi connectivity index (χ4v) is 6.36. The highest BCUT2D eigenvalue weighted by atomic mass is 32.2. The summed E-state index contributed by atoms with van der Waals surface area (Å²) in [6, 6.07) is 13.6. The number of nitrogens with zero attached hydrogens (tertiary/aromatic N) is 6. The van der Waals surface area contributed by atoms with E-state index in [1.807, 2.05) is 42.2 Å². The number of benzene rings is 2. The van der Waals surface area contributed by atoms with E-state index >= 15 is 0 Å². The summed E-state index contributed by atoms with van der Waals surface area (Å²) in [5, 5.41) is 5.55. The van der Waals surface area contributed by atoms with Crippen LogP contribution in [0.5, 0.6) is 0 Å². The first-order valence-electron chi connectivity index (χ1n) is 12.8. The van der Waals surface area contributed by atoms with Crippen LogP contribution in [-0.2, 0) is 22.6 Å². The molecule has 3 heterocycles. The first-order valence-corrected chi connectivity index (χ1v) is 14.3. The smallest absolute Gasteiger partial charge is 0.355 e. The van der Waals surface area contributed by atoms with Gasteiger partial charge in [-0.2, -0.15) is 22.6 Å². The Bertz CT molecular complexity index is 1590. The third kappa shape index (κ3) is 5.35. The van der Waals surface area contributed by atoms with Gasteiger partial charge in [0.05, 0.1) is 27.2 Å². The summed E-state index contributed by atoms with van der Waals surface area (Å²) >= 11 is 0. The summed E-state index contributed by atoms with van der Waals surface area (Å²) in [5.41, 5.74) is 1.32. The molecule has 0 saturated carbocycles. The number of para-hydroxylation sites is 1. The Morgan fingerprint density at radius 2 is 1.72 bits per heavy atom. The molecule has 1 fully saturated rings. The molecule has 1 aliphatic heterocycles. The maximum Gasteiger partial charge on any atom is 0.416 e. The van der Waals surface area contributed by atoms with Crippen LogP contribution in [0.2, 0.25) is 0 Å². The first-order chi connectivity index (χ1) is 18.6. The minimum atomic E-state index is -4.63. The van der Waals surface area contributed by atoms with Crippen LogP contribution in [0.1, 0.15) is 36.8 Å². The van der Waals surface area contributed by atoms with Crippen LogP contribution in [0.3, 0.4) is 0 Å². The number of hydrogen-bond acceptors (Lipinski definition) is 6. The van der Waals surface area contributed by atoms with E-state index in [4.69, 9.17) is 15.1 Å². The number of rotatable bonds is 6. The Balaban J connectivity index is 1.49. The molecule has 12 heteroatoms. The van der Waals surface area contributed by atoms with E-state index in [-0.39, 0.29) is 18.0 Å². The molecule has 5 rings (SSSR count). The van der Waals surface area contributed by atoms with Gasteiger partial charge in [-0.3, -0.25) is 0 Å². The van der Waals surface area contributed by atoms with Crippen molar-refractivity contribution in [3.8, 4) is 5.69 Å². The van der Waals surface area contributed by atoms with Gasteiger partial charge < -0.3 is 4.90 Å². The fraction of sp³-hybridized carbons (Fsp3) is 0.370. The van der Waals surface area contributed by atoms with Crippen molar-refractivity contribution in [2.24, 2.45) is 0 Å². The van der Waals surface area contributed by atoms with E-state index in [0.29, 0.717) is 49.3 Å². The zero-order chi connectivity index (χ0) is 27.8. The number of alkyl halides is 3. The third-order valence-corrected chi connectivity index (χ3v) is 8.65. The maximum absolute atomic E-state index is 13.3. The van der Waals surface area contributed by atoms with E-state index in [1.165, 1.54) is 10.4 Å². The van der Waals surface area contributed by atoms with E-state index < -0.39 is 21.8 Å². The zero-order valence-corrected chi connectivity index (χ0v) is 22.5. The van der Waals surface area contributed by atoms with Crippen LogP contribution in [0, 0.1) is 6.92 Å². The molecule has 4 aromatic rings. The minimum Gasteiger partial charge on any atom is -0.355 e. The molecule has 1 aliphatic rings. The van der Waals surface area contributed by atoms with Crippen molar-refractivity contribution in [3.05, 3.63) is 71.7 Å². The lowest BCUT2D eigenvalue weighted by molar-refractivity contribution is -0.137. The standard InChI is InChI=1S/C27H29F3N6O2S/c1-3-9-23-31-25(24-19(2)33-36(26(24)32-23)21-11-5-4-6-12-21)34-14-8-15-35(17-16-34)39(37,38)22-13-7-10-20(18-22)27(28,29)30/h4-7,10-13,18H,3,8-9,14-17H2,1-2H3. The number of fused-ring (bicyclic) bond motifs is 1. The Morgan fingerprint density at radius 1 is 0.949 bits per heavy atom. The Kier molecular flexibility index (Phi) is 7.34. The van der Waals surface area contributed by atoms with Gasteiger partial charge in [-0.1, -0.05) is 31.2 Å². The summed E-state index contributed by atoms with van der Waals surface area (Å²) in [4.78, 5) is 11.4. The average molecular weight is 559 g/mol. The molecule has 0 radical (unpaired) electrons. The molecule has 0 atom stereocenters. The molecule has 0 aliphatic carbocycles. The quantitative estimate of drug-likeness (QED) is 0.331. The molecule has 2 aromatic carbocycles. The normalized spacial score (nSPS) is 15.6. The van der Waals surface area contributed by atoms with Gasteiger partial charge in [0.25, 0.3) is 0 Å². The number of halogens is 3. The van der Waals surface area contributed by atoms with Crippen LogP contribution >= 0.6 is 0 Å². The molecule has 0 unspecified atom stereocenters. The molecule has 1 saturated heterocycles. The maximum atomic E-state index is 13.3. The van der Waals surface area contributed by atoms with Crippen molar-refractivity contribution in [2.75, 3.05) is 31.1 Å². The Morgan fingerprint density at radius 3 is 2.44 bits per heavy atom. The van der Waals surface area contributed by atoms with Crippen LogP contribution in [-0.4, -0.2) is 58.7 Å². The lowest BCUT2D eigenvalue weighted by Gasteiger charge is -2.24. The van der Waals surface area contributed by atoms with Crippen molar-refractivity contribution < 1.29 is 21.6 Å². The second-order valence-electron chi connectivity index (χ2n) is 9.52. The molecule has 0 amide bonds. The van der Waals surface area contributed by atoms with E-state index in [1.54, 1.807) is 4.68 Å². The van der Waals surface area contributed by atoms with Gasteiger partial charge in [-0.05, 0) is 50.1 Å². The first kappa shape index (κ1) is 27.1. The highest BCUT2D eigenvalue weighted by Gasteiger charge is 2.34. The van der Waals surface area contributed by atoms with E-state index in [9.17, 15) is 21.6 Å². The van der Waals surface area contributed by atoms with Crippen molar-refractivity contribution >= 4 is 26.9 Å². The van der Waals surface area contributed by atoms with Crippen LogP contribution in [0.15, 0.2) is 59.5 Å². The van der Waals surface area contributed by atoms with Gasteiger partial charge in [0.2, 0.25) is 10.0 Å². The third-order valence-electron chi connectivity index (χ3n) is 6.76. The zero-order valence-electron chi connectivity index (χ0n) is 21.7. The summed E-state index contributed by atoms with van der Waals surface area (Å²) in [5.74, 6) is 1.37. The predicted octanol–water partition coefficient (Wildman–Crippen LogP) is 5.00. The highest BCUT2D eigenvalue weighted by molar-refractivity contribution is 7.89. The van der Waals surface area contributed by atoms with Crippen LogP contribution in [0.4, 0.5) is 19.0 Å². The summed E-state index contributed by atoms with van der Waals surface area (Å²) in [6.07, 6.45) is -2.62. The van der Waals surface area contributed by atoms with Gasteiger partial charge in [0.15, 0.2) is 5.65 Å². The fourth-order valence-electron chi connectivity index (χ4n) is 4.85. The SMILES string of the molecule is CCCc1nc(N2CCCN(S(=O)(=O)c3cccc(C(F)(F)F)c3)CC2)c2c(C)nn(-c3ccccc3)c2n1. The molecule has 39 heavy (non-hydrogen) atoms. The molecule has 0 N–H and O–H groups in total. The molecule has 206 valence electrons. The second-order valence-corrected chi connectivity index (χ2v) is 11.5. The molecular weight excluding hydrogens is 529 g/mol. The predicted molar refractivity (Wildman–Crippen MR) is 142 cm³/mol. The Hall–Kier alpha value is -3.51. The lowest BCUT2D eigenvalue weighted by atomic mass is 10.2. The average Bonchev–Trinajstić information content (AvgIpc) is 3.08. The number of hydrogen-bond donors (Lipinski definition) is 0. The van der Waals surface area contributed by atoms with Gasteiger partial charge in [0, 0.05) is 32.6 Å². The topological polar surface area (TPSA) is 84.2 Å². The summed E-state index contributed by atoms with van der Waals surface area (Å²) in [7, 11) is -4.12. The molecule has 0 spiro atoms. The monoisotopic (exact) mass is 558 g/mol. The van der Waals surface area contributed by atoms with Gasteiger partial charge in [-0.15, -0.1) is 0 Å². The number of anilines is 1. The number of aromatic nitrogens is 4.